The molecule has 0 radical (unpaired) electrons. The molecule has 1 aromatic heterocycles. The highest BCUT2D eigenvalue weighted by Gasteiger charge is 2.19. The third kappa shape index (κ3) is 3.48. The van der Waals surface area contributed by atoms with Crippen LogP contribution < -0.4 is 5.32 Å². The number of carbonyl (C=O) groups is 1. The minimum Gasteiger partial charge on any atom is -0.348 e. The van der Waals surface area contributed by atoms with Crippen molar-refractivity contribution in [3.63, 3.8) is 0 Å². The Morgan fingerprint density at radius 2 is 1.75 bits per heavy atom. The Morgan fingerprint density at radius 1 is 1.08 bits per heavy atom. The summed E-state index contributed by atoms with van der Waals surface area (Å²) in [4.78, 5) is 12.5. The Hall–Kier alpha value is -3.02. The maximum atomic E-state index is 12.5. The Morgan fingerprint density at radius 3 is 2.42 bits per heavy atom. The van der Waals surface area contributed by atoms with E-state index in [1.165, 1.54) is 0 Å². The number of nitrogens with one attached hydrogen (secondary N) is 1. The molecule has 0 bridgehead atoms. The van der Waals surface area contributed by atoms with E-state index in [0.717, 1.165) is 17.7 Å². The van der Waals surface area contributed by atoms with E-state index in [9.17, 15) is 4.79 Å². The molecule has 24 heavy (non-hydrogen) atoms. The van der Waals surface area contributed by atoms with Gasteiger partial charge in [-0.25, -0.2) is 0 Å². The molecule has 0 saturated carbocycles. The summed E-state index contributed by atoms with van der Waals surface area (Å²) in [6.07, 6.45) is 0.736. The van der Waals surface area contributed by atoms with Crippen molar-refractivity contribution in [3.05, 3.63) is 72.1 Å². The summed E-state index contributed by atoms with van der Waals surface area (Å²) in [5.74, 6) is 0.399. The van der Waals surface area contributed by atoms with E-state index < -0.39 is 0 Å². The Bertz CT molecular complexity index is 785. The average Bonchev–Trinajstić information content (AvgIpc) is 3.11. The van der Waals surface area contributed by atoms with Gasteiger partial charge < -0.3 is 5.32 Å². The molecule has 3 rings (SSSR count). The summed E-state index contributed by atoms with van der Waals surface area (Å²) < 4.78 is 1.63. The minimum atomic E-state index is -0.174. The first-order chi connectivity index (χ1) is 11.8. The lowest BCUT2D eigenvalue weighted by Gasteiger charge is -2.15. The summed E-state index contributed by atoms with van der Waals surface area (Å²) in [7, 11) is 0. The van der Waals surface area contributed by atoms with Gasteiger partial charge in [-0.05, 0) is 34.5 Å². The Balaban J connectivity index is 1.70. The second-order valence-electron chi connectivity index (χ2n) is 5.43. The summed E-state index contributed by atoms with van der Waals surface area (Å²) in [6, 6.07) is 19.4. The first-order valence-electron chi connectivity index (χ1n) is 7.95. The monoisotopic (exact) mass is 321 g/mol. The molecule has 2 aromatic carbocycles. The minimum absolute atomic E-state index is 0.0219. The van der Waals surface area contributed by atoms with E-state index in [2.05, 4.69) is 20.8 Å². The number of aromatic nitrogens is 4. The van der Waals surface area contributed by atoms with Gasteiger partial charge in [0.05, 0.1) is 18.2 Å². The standard InChI is InChI=1S/C18H19N5O/c1-2-16(14-9-5-3-6-10-14)18(24)19-13-17-20-21-22-23(17)15-11-7-4-8-12-15/h3-12,16H,2,13H2,1H3,(H,19,24)/t16-/m0/s1. The molecular formula is C18H19N5O. The van der Waals surface area contributed by atoms with E-state index in [4.69, 9.17) is 0 Å². The fourth-order valence-corrected chi connectivity index (χ4v) is 2.63. The second-order valence-corrected chi connectivity index (χ2v) is 5.43. The quantitative estimate of drug-likeness (QED) is 0.757. The van der Waals surface area contributed by atoms with Crippen LogP contribution in [0.2, 0.25) is 0 Å². The van der Waals surface area contributed by atoms with Gasteiger partial charge >= 0.3 is 0 Å². The number of hydrogen-bond donors (Lipinski definition) is 1. The van der Waals surface area contributed by atoms with Crippen LogP contribution in [0.4, 0.5) is 0 Å². The number of tetrazole rings is 1. The Kier molecular flexibility index (Phi) is 4.96. The van der Waals surface area contributed by atoms with Crippen molar-refractivity contribution in [1.29, 1.82) is 0 Å². The fourth-order valence-electron chi connectivity index (χ4n) is 2.63. The Labute approximate surface area is 140 Å². The van der Waals surface area contributed by atoms with Crippen LogP contribution in [0.1, 0.15) is 30.7 Å². The van der Waals surface area contributed by atoms with Crippen molar-refractivity contribution >= 4 is 5.91 Å². The molecule has 1 atom stereocenters. The molecule has 0 aliphatic carbocycles. The van der Waals surface area contributed by atoms with Gasteiger partial charge in [-0.15, -0.1) is 5.10 Å². The lowest BCUT2D eigenvalue weighted by molar-refractivity contribution is -0.122. The number of para-hydroxylation sites is 1. The largest absolute Gasteiger partial charge is 0.348 e. The van der Waals surface area contributed by atoms with Crippen LogP contribution in [0.5, 0.6) is 0 Å². The molecule has 1 amide bonds. The zero-order chi connectivity index (χ0) is 16.8. The highest BCUT2D eigenvalue weighted by Crippen LogP contribution is 2.19. The van der Waals surface area contributed by atoms with Crippen LogP contribution in [0.25, 0.3) is 5.69 Å². The average molecular weight is 321 g/mol. The highest BCUT2D eigenvalue weighted by molar-refractivity contribution is 5.83. The molecule has 1 N–H and O–H groups in total. The van der Waals surface area contributed by atoms with Crippen molar-refractivity contribution in [2.45, 2.75) is 25.8 Å². The van der Waals surface area contributed by atoms with Crippen molar-refractivity contribution in [2.75, 3.05) is 0 Å². The van der Waals surface area contributed by atoms with Crippen molar-refractivity contribution in [1.82, 2.24) is 25.5 Å². The molecule has 0 unspecified atom stereocenters. The number of benzene rings is 2. The zero-order valence-corrected chi connectivity index (χ0v) is 13.5. The van der Waals surface area contributed by atoms with E-state index in [-0.39, 0.29) is 18.4 Å². The van der Waals surface area contributed by atoms with Crippen LogP contribution in [0, 0.1) is 0 Å². The zero-order valence-electron chi connectivity index (χ0n) is 13.5. The highest BCUT2D eigenvalue weighted by atomic mass is 16.1. The van der Waals surface area contributed by atoms with Gasteiger partial charge in [-0.2, -0.15) is 4.68 Å². The lowest BCUT2D eigenvalue weighted by atomic mass is 9.96. The van der Waals surface area contributed by atoms with Crippen LogP contribution in [-0.4, -0.2) is 26.1 Å². The predicted molar refractivity (Wildman–Crippen MR) is 90.5 cm³/mol. The van der Waals surface area contributed by atoms with Crippen LogP contribution in [0.3, 0.4) is 0 Å². The van der Waals surface area contributed by atoms with Gasteiger partial charge in [0, 0.05) is 0 Å². The van der Waals surface area contributed by atoms with Crippen molar-refractivity contribution < 1.29 is 4.79 Å². The van der Waals surface area contributed by atoms with Crippen LogP contribution in [0.15, 0.2) is 60.7 Å². The normalized spacial score (nSPS) is 11.9. The van der Waals surface area contributed by atoms with Gasteiger partial charge in [0.25, 0.3) is 0 Å². The second kappa shape index (κ2) is 7.50. The molecule has 6 heteroatoms. The van der Waals surface area contributed by atoms with Crippen LogP contribution in [-0.2, 0) is 11.3 Å². The van der Waals surface area contributed by atoms with Crippen molar-refractivity contribution in [2.24, 2.45) is 0 Å². The van der Waals surface area contributed by atoms with Crippen LogP contribution >= 0.6 is 0 Å². The third-order valence-electron chi connectivity index (χ3n) is 3.88. The van der Waals surface area contributed by atoms with Gasteiger partial charge in [-0.3, -0.25) is 4.79 Å². The maximum Gasteiger partial charge on any atom is 0.227 e. The fraction of sp³-hybridized carbons (Fsp3) is 0.222. The molecule has 0 spiro atoms. The molecule has 0 saturated heterocycles. The molecule has 0 fully saturated rings. The maximum absolute atomic E-state index is 12.5. The smallest absolute Gasteiger partial charge is 0.227 e. The van der Waals surface area contributed by atoms with E-state index in [0.29, 0.717) is 5.82 Å². The predicted octanol–water partition coefficient (Wildman–Crippen LogP) is 2.47. The number of carbonyl (C=O) groups excluding carboxylic acids is 1. The number of nitrogens with zero attached hydrogens (tertiary/aromatic N) is 4. The van der Waals surface area contributed by atoms with Gasteiger partial charge in [0.1, 0.15) is 0 Å². The first-order valence-corrected chi connectivity index (χ1v) is 7.95. The molecule has 6 nitrogen and oxygen atoms in total. The number of hydrogen-bond acceptors (Lipinski definition) is 4. The van der Waals surface area contributed by atoms with E-state index >= 15 is 0 Å². The van der Waals surface area contributed by atoms with Gasteiger partial charge in [0.15, 0.2) is 5.82 Å². The summed E-state index contributed by atoms with van der Waals surface area (Å²) in [5, 5.41) is 14.7. The molecular weight excluding hydrogens is 302 g/mol. The topological polar surface area (TPSA) is 72.7 Å². The molecule has 122 valence electrons. The van der Waals surface area contributed by atoms with Gasteiger partial charge in [0.2, 0.25) is 5.91 Å². The SMILES string of the molecule is CC[C@H](C(=O)NCc1nnnn1-c1ccccc1)c1ccccc1. The molecule has 0 aliphatic heterocycles. The van der Waals surface area contributed by atoms with E-state index in [1.807, 2.05) is 67.6 Å². The van der Waals surface area contributed by atoms with E-state index in [1.54, 1.807) is 4.68 Å². The number of amides is 1. The lowest BCUT2D eigenvalue weighted by Crippen LogP contribution is -2.29. The first kappa shape index (κ1) is 15.9. The molecule has 0 aliphatic rings. The summed E-state index contributed by atoms with van der Waals surface area (Å²) in [6.45, 7) is 2.29. The van der Waals surface area contributed by atoms with Crippen molar-refractivity contribution in [3.8, 4) is 5.69 Å². The summed E-state index contributed by atoms with van der Waals surface area (Å²) in [5.41, 5.74) is 1.88. The van der Waals surface area contributed by atoms with Gasteiger partial charge in [-0.1, -0.05) is 55.5 Å². The number of rotatable bonds is 6. The summed E-state index contributed by atoms with van der Waals surface area (Å²) >= 11 is 0. The molecule has 3 aromatic rings. The molecule has 1 heterocycles. The third-order valence-corrected chi connectivity index (χ3v) is 3.88.